The van der Waals surface area contributed by atoms with Crippen LogP contribution in [0.1, 0.15) is 36.5 Å². The average Bonchev–Trinajstić information content (AvgIpc) is 2.21. The summed E-state index contributed by atoms with van der Waals surface area (Å²) in [5.41, 5.74) is -0.142. The van der Waals surface area contributed by atoms with Gasteiger partial charge in [-0.05, 0) is 24.0 Å². The summed E-state index contributed by atoms with van der Waals surface area (Å²) < 4.78 is 41.0. The van der Waals surface area contributed by atoms with Crippen molar-refractivity contribution in [2.24, 2.45) is 0 Å². The quantitative estimate of drug-likeness (QED) is 0.532. The van der Waals surface area contributed by atoms with Crippen LogP contribution in [-0.2, 0) is 6.42 Å². The Bertz CT molecular complexity index is 424. The van der Waals surface area contributed by atoms with E-state index in [9.17, 15) is 13.2 Å². The van der Waals surface area contributed by atoms with E-state index in [4.69, 9.17) is 6.42 Å². The van der Waals surface area contributed by atoms with Crippen molar-refractivity contribution in [1.82, 2.24) is 0 Å². The van der Waals surface area contributed by atoms with Crippen molar-refractivity contribution < 1.29 is 13.2 Å². The van der Waals surface area contributed by atoms with Gasteiger partial charge in [0.1, 0.15) is 5.82 Å². The fourth-order valence-electron chi connectivity index (χ4n) is 1.80. The molecule has 0 nitrogen and oxygen atoms in total. The first-order valence-corrected chi connectivity index (χ1v) is 5.01. The van der Waals surface area contributed by atoms with Gasteiger partial charge in [0.2, 0.25) is 0 Å². The highest BCUT2D eigenvalue weighted by Crippen LogP contribution is 2.29. The van der Waals surface area contributed by atoms with Gasteiger partial charge in [-0.3, -0.25) is 0 Å². The molecule has 0 radical (unpaired) electrons. The van der Waals surface area contributed by atoms with Crippen molar-refractivity contribution >= 4 is 0 Å². The lowest BCUT2D eigenvalue weighted by molar-refractivity contribution is 0.465. The largest absolute Gasteiger partial charge is 0.206 e. The summed E-state index contributed by atoms with van der Waals surface area (Å²) in [6.07, 6.45) is 4.75. The maximum atomic E-state index is 13.7. The van der Waals surface area contributed by atoms with Gasteiger partial charge < -0.3 is 0 Å². The summed E-state index contributed by atoms with van der Waals surface area (Å²) in [7, 11) is 0. The van der Waals surface area contributed by atoms with E-state index in [0.29, 0.717) is 0 Å². The van der Waals surface area contributed by atoms with Gasteiger partial charge in [-0.1, -0.05) is 13.8 Å². The minimum atomic E-state index is -1.16. The number of rotatable bonds is 2. The standard InChI is InChI=1S/C13H13F3/c1-5-6-9-11(14)8(4)10(7(2)3)13(16)12(9)15/h1,7H,6H2,2-4H3. The lowest BCUT2D eigenvalue weighted by Gasteiger charge is -2.15. The zero-order valence-corrected chi connectivity index (χ0v) is 9.50. The number of benzene rings is 1. The fourth-order valence-corrected chi connectivity index (χ4v) is 1.80. The SMILES string of the molecule is C#CCc1c(F)c(C)c(C(C)C)c(F)c1F. The van der Waals surface area contributed by atoms with E-state index in [1.807, 2.05) is 0 Å². The molecule has 3 heteroatoms. The summed E-state index contributed by atoms with van der Waals surface area (Å²) in [5.74, 6) is -1.04. The van der Waals surface area contributed by atoms with Crippen LogP contribution in [-0.4, -0.2) is 0 Å². The molecule has 0 saturated carbocycles. The maximum Gasteiger partial charge on any atom is 0.166 e. The second-order valence-corrected chi connectivity index (χ2v) is 3.99. The van der Waals surface area contributed by atoms with Crippen molar-refractivity contribution in [3.05, 3.63) is 34.1 Å². The Hall–Kier alpha value is -1.43. The first kappa shape index (κ1) is 12.6. The lowest BCUT2D eigenvalue weighted by atomic mass is 9.93. The Labute approximate surface area is 93.5 Å². The van der Waals surface area contributed by atoms with Crippen molar-refractivity contribution in [2.45, 2.75) is 33.1 Å². The molecular formula is C13H13F3. The van der Waals surface area contributed by atoms with Gasteiger partial charge in [0.25, 0.3) is 0 Å². The van der Waals surface area contributed by atoms with Crippen LogP contribution in [0.15, 0.2) is 0 Å². The minimum absolute atomic E-state index is 0.0794. The average molecular weight is 226 g/mol. The van der Waals surface area contributed by atoms with E-state index in [2.05, 4.69) is 5.92 Å². The van der Waals surface area contributed by atoms with Crippen molar-refractivity contribution in [1.29, 1.82) is 0 Å². The van der Waals surface area contributed by atoms with Gasteiger partial charge in [-0.15, -0.1) is 12.3 Å². The molecule has 0 atom stereocenters. The third kappa shape index (κ3) is 1.92. The molecule has 16 heavy (non-hydrogen) atoms. The first-order chi connectivity index (χ1) is 7.41. The molecule has 1 aromatic carbocycles. The smallest absolute Gasteiger partial charge is 0.166 e. The van der Waals surface area contributed by atoms with Crippen LogP contribution in [0.5, 0.6) is 0 Å². The predicted octanol–water partition coefficient (Wildman–Crippen LogP) is 3.71. The van der Waals surface area contributed by atoms with E-state index >= 15 is 0 Å². The molecule has 0 aliphatic carbocycles. The van der Waals surface area contributed by atoms with Gasteiger partial charge >= 0.3 is 0 Å². The molecule has 86 valence electrons. The molecule has 0 heterocycles. The van der Waals surface area contributed by atoms with Crippen LogP contribution < -0.4 is 0 Å². The molecule has 0 saturated heterocycles. The molecule has 1 aromatic rings. The van der Waals surface area contributed by atoms with Gasteiger partial charge in [0.05, 0.1) is 0 Å². The van der Waals surface area contributed by atoms with E-state index in [-0.39, 0.29) is 29.0 Å². The van der Waals surface area contributed by atoms with Crippen LogP contribution in [0.4, 0.5) is 13.2 Å². The molecule has 0 bridgehead atoms. The molecule has 0 spiro atoms. The third-order valence-corrected chi connectivity index (χ3v) is 2.55. The van der Waals surface area contributed by atoms with Gasteiger partial charge in [0.15, 0.2) is 11.6 Å². The van der Waals surface area contributed by atoms with Crippen molar-refractivity contribution in [3.63, 3.8) is 0 Å². The Morgan fingerprint density at radius 2 is 1.69 bits per heavy atom. The summed E-state index contributed by atoms with van der Waals surface area (Å²) in [6, 6.07) is 0. The Morgan fingerprint density at radius 3 is 2.12 bits per heavy atom. The first-order valence-electron chi connectivity index (χ1n) is 5.01. The van der Waals surface area contributed by atoms with Crippen LogP contribution in [0.2, 0.25) is 0 Å². The molecule has 0 aliphatic rings. The monoisotopic (exact) mass is 226 g/mol. The second kappa shape index (κ2) is 4.61. The molecule has 0 amide bonds. The second-order valence-electron chi connectivity index (χ2n) is 3.99. The third-order valence-electron chi connectivity index (χ3n) is 2.55. The summed E-state index contributed by atoms with van der Waals surface area (Å²) >= 11 is 0. The maximum absolute atomic E-state index is 13.7. The molecule has 0 aliphatic heterocycles. The summed E-state index contributed by atoms with van der Waals surface area (Å²) in [5, 5.41) is 0. The number of hydrogen-bond donors (Lipinski definition) is 0. The van der Waals surface area contributed by atoms with E-state index < -0.39 is 17.5 Å². The number of hydrogen-bond acceptors (Lipinski definition) is 0. The highest BCUT2D eigenvalue weighted by atomic mass is 19.2. The van der Waals surface area contributed by atoms with Gasteiger partial charge in [0, 0.05) is 12.0 Å². The van der Waals surface area contributed by atoms with E-state index in [0.717, 1.165) is 0 Å². The minimum Gasteiger partial charge on any atom is -0.206 e. The van der Waals surface area contributed by atoms with Crippen LogP contribution >= 0.6 is 0 Å². The van der Waals surface area contributed by atoms with E-state index in [1.54, 1.807) is 13.8 Å². The number of terminal acetylenes is 1. The summed E-state index contributed by atoms with van der Waals surface area (Å²) in [4.78, 5) is 0. The molecule has 0 N–H and O–H groups in total. The fraction of sp³-hybridized carbons (Fsp3) is 0.385. The Kier molecular flexibility index (Phi) is 3.64. The molecular weight excluding hydrogens is 213 g/mol. The van der Waals surface area contributed by atoms with Crippen LogP contribution in [0, 0.1) is 36.7 Å². The normalized spacial score (nSPS) is 10.6. The zero-order valence-electron chi connectivity index (χ0n) is 9.50. The highest BCUT2D eigenvalue weighted by Gasteiger charge is 2.23. The Balaban J connectivity index is 3.57. The predicted molar refractivity (Wildman–Crippen MR) is 57.7 cm³/mol. The van der Waals surface area contributed by atoms with Gasteiger partial charge in [-0.2, -0.15) is 0 Å². The number of halogens is 3. The molecule has 0 fully saturated rings. The topological polar surface area (TPSA) is 0 Å². The molecule has 1 rings (SSSR count). The zero-order chi connectivity index (χ0) is 12.5. The lowest BCUT2D eigenvalue weighted by Crippen LogP contribution is -2.08. The molecule has 0 unspecified atom stereocenters. The Morgan fingerprint density at radius 1 is 1.12 bits per heavy atom. The summed E-state index contributed by atoms with van der Waals surface area (Å²) in [6.45, 7) is 4.81. The van der Waals surface area contributed by atoms with E-state index in [1.165, 1.54) is 6.92 Å². The molecule has 0 aromatic heterocycles. The highest BCUT2D eigenvalue weighted by molar-refractivity contribution is 5.38. The van der Waals surface area contributed by atoms with Crippen LogP contribution in [0.3, 0.4) is 0 Å². The van der Waals surface area contributed by atoms with Crippen molar-refractivity contribution in [3.8, 4) is 12.3 Å². The van der Waals surface area contributed by atoms with Gasteiger partial charge in [-0.25, -0.2) is 13.2 Å². The van der Waals surface area contributed by atoms with Crippen LogP contribution in [0.25, 0.3) is 0 Å². The van der Waals surface area contributed by atoms with Crippen molar-refractivity contribution in [2.75, 3.05) is 0 Å².